The number of rotatable bonds is 6. The summed E-state index contributed by atoms with van der Waals surface area (Å²) >= 11 is 0. The van der Waals surface area contributed by atoms with Crippen LogP contribution in [0.15, 0.2) is 46.1 Å². The van der Waals surface area contributed by atoms with Gasteiger partial charge in [-0.3, -0.25) is 19.1 Å². The number of aryl methyl sites for hydroxylation is 1. The molecule has 1 aromatic carbocycles. The number of carbonyl (C=O) groups is 1. The van der Waals surface area contributed by atoms with E-state index in [1.54, 1.807) is 19.1 Å². The highest BCUT2D eigenvalue weighted by Crippen LogP contribution is 2.28. The number of hydrogen-bond acceptors (Lipinski definition) is 5. The molecule has 1 N–H and O–H groups in total. The van der Waals surface area contributed by atoms with Crippen molar-refractivity contribution in [1.29, 1.82) is 5.26 Å². The van der Waals surface area contributed by atoms with Gasteiger partial charge in [0, 0.05) is 11.8 Å². The van der Waals surface area contributed by atoms with Crippen LogP contribution < -0.4 is 11.2 Å². The maximum Gasteiger partial charge on any atom is 0.329 e. The zero-order valence-corrected chi connectivity index (χ0v) is 18.3. The number of nitriles is 1. The van der Waals surface area contributed by atoms with Crippen molar-refractivity contribution in [2.75, 3.05) is 0 Å². The van der Waals surface area contributed by atoms with Gasteiger partial charge < -0.3 is 0 Å². The van der Waals surface area contributed by atoms with Gasteiger partial charge in [-0.2, -0.15) is 9.65 Å². The van der Waals surface area contributed by atoms with Crippen LogP contribution in [0.25, 0.3) is 0 Å². The van der Waals surface area contributed by atoms with E-state index in [2.05, 4.69) is 9.97 Å². The summed E-state index contributed by atoms with van der Waals surface area (Å²) in [4.78, 5) is 45.3. The number of hydrogen-bond donors (Lipinski definition) is 1. The predicted molar refractivity (Wildman–Crippen MR) is 117 cm³/mol. The first-order chi connectivity index (χ1) is 15.1. The Bertz CT molecular complexity index is 1360. The molecule has 0 saturated heterocycles. The number of nitrogens with one attached hydrogen (secondary N) is 1. The summed E-state index contributed by atoms with van der Waals surface area (Å²) in [5.74, 6) is -1.28. The minimum absolute atomic E-state index is 0.0719. The molecule has 0 saturated carbocycles. The molecule has 2 heterocycles. The third kappa shape index (κ3) is 4.42. The Kier molecular flexibility index (Phi) is 6.21. The van der Waals surface area contributed by atoms with Crippen molar-refractivity contribution in [3.05, 3.63) is 96.8 Å². The topological polar surface area (TPSA) is 109 Å². The zero-order chi connectivity index (χ0) is 23.6. The molecule has 0 bridgehead atoms. The zero-order valence-electron chi connectivity index (χ0n) is 18.3. The van der Waals surface area contributed by atoms with Crippen molar-refractivity contribution in [3.8, 4) is 6.07 Å². The van der Waals surface area contributed by atoms with Crippen molar-refractivity contribution in [1.82, 2.24) is 14.5 Å². The fraction of sp³-hybridized carbons (Fsp3) is 0.292. The van der Waals surface area contributed by atoms with Gasteiger partial charge in [0.15, 0.2) is 0 Å². The SMILES string of the molecule is CCC(C)(C)c1c(C(=O)c2cc(C)cc(C#N)c2)n(Cc2ccnc(F)c2)c(=O)[nH]c1=O. The first-order valence-corrected chi connectivity index (χ1v) is 10.1. The monoisotopic (exact) mass is 434 g/mol. The molecule has 3 rings (SSSR count). The van der Waals surface area contributed by atoms with E-state index in [4.69, 9.17) is 0 Å². The van der Waals surface area contributed by atoms with Crippen LogP contribution in [0.3, 0.4) is 0 Å². The van der Waals surface area contributed by atoms with Crippen molar-refractivity contribution in [2.45, 2.75) is 46.1 Å². The quantitative estimate of drug-likeness (QED) is 0.473. The van der Waals surface area contributed by atoms with E-state index in [1.165, 1.54) is 18.3 Å². The van der Waals surface area contributed by atoms with E-state index in [0.29, 0.717) is 23.1 Å². The number of halogens is 1. The molecule has 164 valence electrons. The maximum atomic E-state index is 13.7. The van der Waals surface area contributed by atoms with Crippen molar-refractivity contribution >= 4 is 5.78 Å². The Morgan fingerprint density at radius 3 is 2.59 bits per heavy atom. The minimum Gasteiger partial charge on any atom is -0.287 e. The van der Waals surface area contributed by atoms with Crippen molar-refractivity contribution < 1.29 is 9.18 Å². The lowest BCUT2D eigenvalue weighted by molar-refractivity contribution is 0.102. The third-order valence-corrected chi connectivity index (χ3v) is 5.58. The molecule has 2 aromatic heterocycles. The van der Waals surface area contributed by atoms with E-state index in [-0.39, 0.29) is 23.4 Å². The van der Waals surface area contributed by atoms with Gasteiger partial charge in [0.25, 0.3) is 5.56 Å². The maximum absolute atomic E-state index is 13.7. The first kappa shape index (κ1) is 22.8. The van der Waals surface area contributed by atoms with Crippen molar-refractivity contribution in [2.24, 2.45) is 0 Å². The second kappa shape index (κ2) is 8.71. The van der Waals surface area contributed by atoms with E-state index in [1.807, 2.05) is 26.8 Å². The lowest BCUT2D eigenvalue weighted by atomic mass is 9.80. The van der Waals surface area contributed by atoms with Crippen LogP contribution in [0.4, 0.5) is 4.39 Å². The van der Waals surface area contributed by atoms with Crippen LogP contribution >= 0.6 is 0 Å². The van der Waals surface area contributed by atoms with Crippen LogP contribution in [-0.4, -0.2) is 20.3 Å². The van der Waals surface area contributed by atoms with Crippen molar-refractivity contribution in [3.63, 3.8) is 0 Å². The van der Waals surface area contributed by atoms with Gasteiger partial charge in [-0.05, 0) is 60.2 Å². The fourth-order valence-electron chi connectivity index (χ4n) is 3.60. The van der Waals surface area contributed by atoms with Gasteiger partial charge in [0.2, 0.25) is 11.7 Å². The molecule has 0 atom stereocenters. The molecule has 0 radical (unpaired) electrons. The Labute approximate surface area is 184 Å². The van der Waals surface area contributed by atoms with Crippen LogP contribution in [0, 0.1) is 24.2 Å². The lowest BCUT2D eigenvalue weighted by Gasteiger charge is -2.26. The second-order valence-corrected chi connectivity index (χ2v) is 8.32. The molecule has 0 unspecified atom stereocenters. The first-order valence-electron chi connectivity index (χ1n) is 10.1. The Morgan fingerprint density at radius 1 is 1.25 bits per heavy atom. The van der Waals surface area contributed by atoms with Crippen LogP contribution in [0.5, 0.6) is 0 Å². The molecule has 0 aliphatic carbocycles. The molecule has 7 nitrogen and oxygen atoms in total. The molecule has 0 spiro atoms. The lowest BCUT2D eigenvalue weighted by Crippen LogP contribution is -2.42. The number of nitrogens with zero attached hydrogens (tertiary/aromatic N) is 3. The van der Waals surface area contributed by atoms with Gasteiger partial charge in [0.05, 0.1) is 23.7 Å². The average Bonchev–Trinajstić information content (AvgIpc) is 2.74. The standard InChI is InChI=1S/C24H23FN4O3/c1-5-24(3,4)19-20(21(30)17-9-14(2)8-16(10-17)12-26)29(23(32)28-22(19)31)13-15-6-7-27-18(25)11-15/h6-11H,5,13H2,1-4H3,(H,28,31,32). The molecule has 0 amide bonds. The van der Waals surface area contributed by atoms with Crippen LogP contribution in [-0.2, 0) is 12.0 Å². The highest BCUT2D eigenvalue weighted by atomic mass is 19.1. The number of aromatic amines is 1. The van der Waals surface area contributed by atoms with Gasteiger partial charge in [-0.15, -0.1) is 0 Å². The minimum atomic E-state index is -0.778. The summed E-state index contributed by atoms with van der Waals surface area (Å²) < 4.78 is 14.8. The number of H-pyrrole nitrogens is 1. The van der Waals surface area contributed by atoms with E-state index in [0.717, 1.165) is 10.6 Å². The highest BCUT2D eigenvalue weighted by molar-refractivity contribution is 6.09. The molecular formula is C24H23FN4O3. The van der Waals surface area contributed by atoms with Gasteiger partial charge in [0.1, 0.15) is 5.69 Å². The molecule has 0 aliphatic rings. The van der Waals surface area contributed by atoms with Gasteiger partial charge in [-0.25, -0.2) is 9.78 Å². The smallest absolute Gasteiger partial charge is 0.287 e. The van der Waals surface area contributed by atoms with Crippen LogP contribution in [0.2, 0.25) is 0 Å². The molecule has 3 aromatic rings. The summed E-state index contributed by atoms with van der Waals surface area (Å²) in [6.07, 6.45) is 1.79. The predicted octanol–water partition coefficient (Wildman–Crippen LogP) is 3.22. The summed E-state index contributed by atoms with van der Waals surface area (Å²) in [5.41, 5.74) is -0.485. The molecular weight excluding hydrogens is 411 g/mol. The molecule has 8 heteroatoms. The molecule has 0 aliphatic heterocycles. The average molecular weight is 434 g/mol. The summed E-state index contributed by atoms with van der Waals surface area (Å²) in [5, 5.41) is 9.31. The Balaban J connectivity index is 2.36. The van der Waals surface area contributed by atoms with E-state index >= 15 is 0 Å². The largest absolute Gasteiger partial charge is 0.329 e. The highest BCUT2D eigenvalue weighted by Gasteiger charge is 2.32. The van der Waals surface area contributed by atoms with Crippen LogP contribution in [0.1, 0.15) is 65.5 Å². The Hall–Kier alpha value is -3.86. The number of aromatic nitrogens is 3. The Morgan fingerprint density at radius 2 is 1.97 bits per heavy atom. The number of benzene rings is 1. The third-order valence-electron chi connectivity index (χ3n) is 5.58. The number of carbonyl (C=O) groups excluding carboxylic acids is 1. The van der Waals surface area contributed by atoms with Gasteiger partial charge in [-0.1, -0.05) is 20.8 Å². The van der Waals surface area contributed by atoms with E-state index < -0.39 is 28.4 Å². The van der Waals surface area contributed by atoms with Gasteiger partial charge >= 0.3 is 5.69 Å². The number of pyridine rings is 1. The fourth-order valence-corrected chi connectivity index (χ4v) is 3.60. The molecule has 0 fully saturated rings. The van der Waals surface area contributed by atoms with E-state index in [9.17, 15) is 24.0 Å². The summed E-state index contributed by atoms with van der Waals surface area (Å²) in [6, 6.07) is 9.38. The normalized spacial score (nSPS) is 11.2. The number of ketones is 1. The summed E-state index contributed by atoms with van der Waals surface area (Å²) in [7, 11) is 0. The molecule has 32 heavy (non-hydrogen) atoms. The second-order valence-electron chi connectivity index (χ2n) is 8.32. The summed E-state index contributed by atoms with van der Waals surface area (Å²) in [6.45, 7) is 7.11.